The normalized spacial score (nSPS) is 29.4. The van der Waals surface area contributed by atoms with Crippen LogP contribution in [0.25, 0.3) is 0 Å². The molecule has 1 aromatic heterocycles. The van der Waals surface area contributed by atoms with Crippen LogP contribution >= 0.6 is 11.3 Å². The second-order valence-corrected chi connectivity index (χ2v) is 7.69. The first kappa shape index (κ1) is 14.2. The highest BCUT2D eigenvalue weighted by molar-refractivity contribution is 7.17. The smallest absolute Gasteiger partial charge is 0.339 e. The minimum atomic E-state index is -0.956. The molecule has 0 spiro atoms. The van der Waals surface area contributed by atoms with Gasteiger partial charge in [-0.05, 0) is 43.1 Å². The number of hydrogen-bond acceptors (Lipinski definition) is 4. The van der Waals surface area contributed by atoms with E-state index < -0.39 is 5.97 Å². The van der Waals surface area contributed by atoms with E-state index in [1.165, 1.54) is 24.2 Å². The summed E-state index contributed by atoms with van der Waals surface area (Å²) in [7, 11) is 0. The van der Waals surface area contributed by atoms with Crippen LogP contribution in [0.15, 0.2) is 0 Å². The summed E-state index contributed by atoms with van der Waals surface area (Å²) < 4.78 is 5.39. The van der Waals surface area contributed by atoms with Gasteiger partial charge in [0.05, 0.1) is 18.8 Å². The van der Waals surface area contributed by atoms with E-state index in [1.807, 2.05) is 0 Å². The van der Waals surface area contributed by atoms with Gasteiger partial charge in [0.1, 0.15) is 5.00 Å². The van der Waals surface area contributed by atoms with Crippen LogP contribution in [0.2, 0.25) is 0 Å². The van der Waals surface area contributed by atoms with Crippen LogP contribution in [0.1, 0.15) is 46.5 Å². The van der Waals surface area contributed by atoms with Gasteiger partial charge in [0.2, 0.25) is 5.91 Å². The van der Waals surface area contributed by atoms with Gasteiger partial charge in [0.25, 0.3) is 0 Å². The van der Waals surface area contributed by atoms with E-state index in [0.29, 0.717) is 36.5 Å². The fraction of sp³-hybridized carbons (Fsp3) is 0.625. The molecule has 0 aromatic carbocycles. The van der Waals surface area contributed by atoms with E-state index in [9.17, 15) is 14.7 Å². The number of anilines is 1. The number of fused-ring (bicyclic) bond motifs is 3. The van der Waals surface area contributed by atoms with Crippen LogP contribution in [0.5, 0.6) is 0 Å². The Morgan fingerprint density at radius 1 is 1.27 bits per heavy atom. The van der Waals surface area contributed by atoms with Crippen molar-refractivity contribution in [3.63, 3.8) is 0 Å². The number of nitrogens with one attached hydrogen (secondary N) is 1. The summed E-state index contributed by atoms with van der Waals surface area (Å²) >= 11 is 1.36. The van der Waals surface area contributed by atoms with E-state index in [2.05, 4.69) is 5.32 Å². The molecule has 1 amide bonds. The third-order valence-electron chi connectivity index (χ3n) is 5.35. The van der Waals surface area contributed by atoms with Gasteiger partial charge < -0.3 is 15.2 Å². The first-order valence-electron chi connectivity index (χ1n) is 7.90. The molecule has 1 aliphatic heterocycles. The van der Waals surface area contributed by atoms with Crippen molar-refractivity contribution in [2.24, 2.45) is 17.8 Å². The van der Waals surface area contributed by atoms with Crippen molar-refractivity contribution in [2.45, 2.75) is 38.7 Å². The highest BCUT2D eigenvalue weighted by atomic mass is 32.1. The molecule has 6 heteroatoms. The van der Waals surface area contributed by atoms with Crippen LogP contribution in [0.4, 0.5) is 5.00 Å². The van der Waals surface area contributed by atoms with E-state index in [1.54, 1.807) is 0 Å². The molecule has 2 saturated carbocycles. The summed E-state index contributed by atoms with van der Waals surface area (Å²) in [5, 5.41) is 12.9. The monoisotopic (exact) mass is 321 g/mol. The highest BCUT2D eigenvalue weighted by Gasteiger charge is 2.43. The lowest BCUT2D eigenvalue weighted by Crippen LogP contribution is -2.27. The standard InChI is InChI=1S/C16H19NO4S/c18-14(11-6-8-1-2-9(11)5-8)17-15-13(16(19)20)10-3-4-21-7-12(10)22-15/h8-9,11H,1-7H2,(H,17,18)(H,19,20). The van der Waals surface area contributed by atoms with Gasteiger partial charge in [-0.2, -0.15) is 0 Å². The maximum absolute atomic E-state index is 12.6. The lowest BCUT2D eigenvalue weighted by molar-refractivity contribution is -0.121. The molecule has 118 valence electrons. The molecular weight excluding hydrogens is 302 g/mol. The van der Waals surface area contributed by atoms with Crippen molar-refractivity contribution in [2.75, 3.05) is 11.9 Å². The molecule has 3 unspecified atom stereocenters. The molecule has 5 nitrogen and oxygen atoms in total. The molecule has 3 aliphatic rings. The predicted molar refractivity (Wildman–Crippen MR) is 82.2 cm³/mol. The summed E-state index contributed by atoms with van der Waals surface area (Å²) in [6.07, 6.45) is 5.13. The average molecular weight is 321 g/mol. The molecule has 3 atom stereocenters. The van der Waals surface area contributed by atoms with Crippen molar-refractivity contribution >= 4 is 28.2 Å². The highest BCUT2D eigenvalue weighted by Crippen LogP contribution is 2.49. The van der Waals surface area contributed by atoms with E-state index >= 15 is 0 Å². The molecule has 2 fully saturated rings. The Bertz CT molecular complexity index is 638. The zero-order valence-electron chi connectivity index (χ0n) is 12.3. The number of carboxylic acids is 1. The van der Waals surface area contributed by atoms with Crippen LogP contribution in [-0.2, 0) is 22.6 Å². The number of amides is 1. The van der Waals surface area contributed by atoms with Gasteiger partial charge in [-0.15, -0.1) is 11.3 Å². The number of ether oxygens (including phenoxy) is 1. The molecule has 0 saturated heterocycles. The molecular formula is C16H19NO4S. The second-order valence-electron chi connectivity index (χ2n) is 6.59. The third-order valence-corrected chi connectivity index (χ3v) is 6.47. The Balaban J connectivity index is 1.58. The SMILES string of the molecule is O=C(O)c1c(NC(=O)C2CC3CCC2C3)sc2c1CCOC2. The number of thiophene rings is 1. The summed E-state index contributed by atoms with van der Waals surface area (Å²) in [5.41, 5.74) is 1.12. The quantitative estimate of drug-likeness (QED) is 0.897. The minimum absolute atomic E-state index is 0.00853. The summed E-state index contributed by atoms with van der Waals surface area (Å²) in [5.74, 6) is 0.313. The molecule has 2 bridgehead atoms. The average Bonchev–Trinajstić information content (AvgIpc) is 3.19. The molecule has 2 N–H and O–H groups in total. The molecule has 1 aromatic rings. The van der Waals surface area contributed by atoms with Crippen LogP contribution in [0.3, 0.4) is 0 Å². The lowest BCUT2D eigenvalue weighted by Gasteiger charge is -2.20. The molecule has 2 aliphatic carbocycles. The third kappa shape index (κ3) is 2.25. The number of rotatable bonds is 3. The number of aromatic carboxylic acids is 1. The van der Waals surface area contributed by atoms with Gasteiger partial charge in [-0.25, -0.2) is 4.79 Å². The van der Waals surface area contributed by atoms with Crippen LogP contribution in [0, 0.1) is 17.8 Å². The van der Waals surface area contributed by atoms with Crippen LogP contribution < -0.4 is 5.32 Å². The number of carbonyl (C=O) groups excluding carboxylic acids is 1. The number of carboxylic acid groups (broad SMARTS) is 1. The Morgan fingerprint density at radius 2 is 2.14 bits per heavy atom. The topological polar surface area (TPSA) is 75.6 Å². The second kappa shape index (κ2) is 5.35. The zero-order chi connectivity index (χ0) is 15.3. The maximum Gasteiger partial charge on any atom is 0.339 e. The zero-order valence-corrected chi connectivity index (χ0v) is 13.1. The predicted octanol–water partition coefficient (Wildman–Crippen LogP) is 2.89. The van der Waals surface area contributed by atoms with Gasteiger partial charge in [-0.1, -0.05) is 6.42 Å². The Morgan fingerprint density at radius 3 is 2.82 bits per heavy atom. The summed E-state index contributed by atoms with van der Waals surface area (Å²) in [6, 6.07) is 0. The molecule has 2 heterocycles. The molecule has 4 rings (SSSR count). The molecule has 0 radical (unpaired) electrons. The van der Waals surface area contributed by atoms with Gasteiger partial charge >= 0.3 is 5.97 Å². The number of carbonyl (C=O) groups is 2. The first-order valence-corrected chi connectivity index (χ1v) is 8.71. The maximum atomic E-state index is 12.6. The Labute approximate surface area is 132 Å². The fourth-order valence-electron chi connectivity index (χ4n) is 4.32. The van der Waals surface area contributed by atoms with Crippen molar-refractivity contribution in [1.29, 1.82) is 0 Å². The van der Waals surface area contributed by atoms with Crippen LogP contribution in [-0.4, -0.2) is 23.6 Å². The number of hydrogen-bond donors (Lipinski definition) is 2. The van der Waals surface area contributed by atoms with Crippen molar-refractivity contribution in [3.05, 3.63) is 16.0 Å². The van der Waals surface area contributed by atoms with Crippen molar-refractivity contribution < 1.29 is 19.4 Å². The van der Waals surface area contributed by atoms with E-state index in [-0.39, 0.29) is 17.4 Å². The fourth-order valence-corrected chi connectivity index (χ4v) is 5.50. The lowest BCUT2D eigenvalue weighted by atomic mass is 9.88. The van der Waals surface area contributed by atoms with E-state index in [0.717, 1.165) is 23.3 Å². The summed E-state index contributed by atoms with van der Waals surface area (Å²) in [4.78, 5) is 25.1. The minimum Gasteiger partial charge on any atom is -0.478 e. The van der Waals surface area contributed by atoms with Gasteiger partial charge in [0.15, 0.2) is 0 Å². The van der Waals surface area contributed by atoms with Gasteiger partial charge in [-0.3, -0.25) is 4.79 Å². The van der Waals surface area contributed by atoms with Gasteiger partial charge in [0, 0.05) is 10.8 Å². The Hall–Kier alpha value is -1.40. The first-order chi connectivity index (χ1) is 10.6. The Kier molecular flexibility index (Phi) is 3.46. The summed E-state index contributed by atoms with van der Waals surface area (Å²) in [6.45, 7) is 0.994. The largest absolute Gasteiger partial charge is 0.478 e. The van der Waals surface area contributed by atoms with Crippen molar-refractivity contribution in [3.8, 4) is 0 Å². The van der Waals surface area contributed by atoms with E-state index in [4.69, 9.17) is 4.74 Å². The molecule has 22 heavy (non-hydrogen) atoms. The van der Waals surface area contributed by atoms with Crippen molar-refractivity contribution in [1.82, 2.24) is 0 Å².